The van der Waals surface area contributed by atoms with Gasteiger partial charge in [-0.2, -0.15) is 0 Å². The highest BCUT2D eigenvalue weighted by Crippen LogP contribution is 2.28. The Hall–Kier alpha value is -0.970. The lowest BCUT2D eigenvalue weighted by Crippen LogP contribution is -2.19. The Balaban J connectivity index is 1.95. The van der Waals surface area contributed by atoms with Gasteiger partial charge in [0.15, 0.2) is 0 Å². The number of hydrogen-bond acceptors (Lipinski definition) is 3. The first-order chi connectivity index (χ1) is 9.15. The van der Waals surface area contributed by atoms with Gasteiger partial charge in [0.1, 0.15) is 5.25 Å². The number of benzene rings is 1. The summed E-state index contributed by atoms with van der Waals surface area (Å²) < 4.78 is 0.741. The Morgan fingerprint density at radius 1 is 1.26 bits per heavy atom. The van der Waals surface area contributed by atoms with Crippen LogP contribution in [0.15, 0.2) is 42.5 Å². The number of carboxylic acid groups (broad SMARTS) is 1. The molecule has 1 unspecified atom stereocenters. The number of thioether (sulfide) groups is 1. The van der Waals surface area contributed by atoms with Gasteiger partial charge < -0.3 is 5.11 Å². The highest BCUT2D eigenvalue weighted by atomic mass is 35.5. The lowest BCUT2D eigenvalue weighted by molar-refractivity contribution is -0.136. The highest BCUT2D eigenvalue weighted by Gasteiger charge is 2.18. The summed E-state index contributed by atoms with van der Waals surface area (Å²) in [7, 11) is 0. The Kier molecular flexibility index (Phi) is 5.31. The Morgan fingerprint density at radius 2 is 2.00 bits per heavy atom. The molecule has 0 radical (unpaired) electrons. The van der Waals surface area contributed by atoms with Gasteiger partial charge in [0.05, 0.1) is 4.34 Å². The molecule has 1 aromatic carbocycles. The van der Waals surface area contributed by atoms with Crippen molar-refractivity contribution < 1.29 is 9.90 Å². The number of aliphatic carboxylic acids is 1. The van der Waals surface area contributed by atoms with Crippen molar-refractivity contribution in [1.29, 1.82) is 0 Å². The largest absolute Gasteiger partial charge is 0.480 e. The molecule has 1 N–H and O–H groups in total. The average Bonchev–Trinajstić information content (AvgIpc) is 2.81. The molecule has 2 rings (SSSR count). The molecule has 0 aliphatic heterocycles. The first kappa shape index (κ1) is 14.4. The summed E-state index contributed by atoms with van der Waals surface area (Å²) >= 11 is 8.80. The van der Waals surface area contributed by atoms with E-state index in [1.165, 1.54) is 23.1 Å². The second-order valence-electron chi connectivity index (χ2n) is 4.03. The highest BCUT2D eigenvalue weighted by molar-refractivity contribution is 7.99. The van der Waals surface area contributed by atoms with Crippen molar-refractivity contribution in [2.45, 2.75) is 17.4 Å². The summed E-state index contributed by atoms with van der Waals surface area (Å²) in [4.78, 5) is 12.4. The molecular weight excluding hydrogens is 300 g/mol. The fourth-order valence-corrected chi connectivity index (χ4v) is 3.90. The molecule has 1 atom stereocenters. The minimum atomic E-state index is -0.767. The molecule has 1 heterocycles. The maximum absolute atomic E-state index is 11.3. The van der Waals surface area contributed by atoms with Crippen LogP contribution in [0, 0.1) is 0 Å². The van der Waals surface area contributed by atoms with Crippen LogP contribution in [0.2, 0.25) is 4.34 Å². The van der Waals surface area contributed by atoms with Gasteiger partial charge in [-0.3, -0.25) is 4.79 Å². The zero-order chi connectivity index (χ0) is 13.7. The minimum Gasteiger partial charge on any atom is -0.480 e. The molecule has 5 heteroatoms. The third-order valence-electron chi connectivity index (χ3n) is 2.59. The molecule has 2 aromatic rings. The van der Waals surface area contributed by atoms with Crippen LogP contribution < -0.4 is 0 Å². The maximum Gasteiger partial charge on any atom is 0.316 e. The van der Waals surface area contributed by atoms with Crippen LogP contribution in [0.1, 0.15) is 10.4 Å². The van der Waals surface area contributed by atoms with Gasteiger partial charge in [0, 0.05) is 10.6 Å². The van der Waals surface area contributed by atoms with Crippen LogP contribution in [0.3, 0.4) is 0 Å². The smallest absolute Gasteiger partial charge is 0.316 e. The Bertz CT molecular complexity index is 539. The van der Waals surface area contributed by atoms with E-state index in [9.17, 15) is 9.90 Å². The van der Waals surface area contributed by atoms with Gasteiger partial charge in [0.2, 0.25) is 0 Å². The van der Waals surface area contributed by atoms with Crippen molar-refractivity contribution in [2.24, 2.45) is 0 Å². The SMILES string of the molecule is O=C(O)C(Cc1ccccc1)SCc1ccc(Cl)s1. The molecular formula is C14H13ClO2S2. The van der Waals surface area contributed by atoms with Crippen molar-refractivity contribution in [3.05, 3.63) is 57.2 Å². The van der Waals surface area contributed by atoms with E-state index in [-0.39, 0.29) is 0 Å². The second kappa shape index (κ2) is 6.98. The topological polar surface area (TPSA) is 37.3 Å². The summed E-state index contributed by atoms with van der Waals surface area (Å²) in [5, 5.41) is 8.85. The summed E-state index contributed by atoms with van der Waals surface area (Å²) in [6, 6.07) is 13.5. The van der Waals surface area contributed by atoms with Crippen LogP contribution in [0.25, 0.3) is 0 Å². The molecule has 0 spiro atoms. The minimum absolute atomic E-state index is 0.428. The third-order valence-corrected chi connectivity index (χ3v) is 5.26. The number of thiophene rings is 1. The molecule has 0 amide bonds. The fraction of sp³-hybridized carbons (Fsp3) is 0.214. The number of carbonyl (C=O) groups is 1. The maximum atomic E-state index is 11.3. The molecule has 0 saturated heterocycles. The molecule has 1 aromatic heterocycles. The van der Waals surface area contributed by atoms with Crippen molar-refractivity contribution >= 4 is 40.7 Å². The number of halogens is 1. The van der Waals surface area contributed by atoms with Gasteiger partial charge in [-0.15, -0.1) is 23.1 Å². The summed E-state index contributed by atoms with van der Waals surface area (Å²) in [6.45, 7) is 0. The van der Waals surface area contributed by atoms with Crippen molar-refractivity contribution in [3.8, 4) is 0 Å². The first-order valence-electron chi connectivity index (χ1n) is 5.77. The first-order valence-corrected chi connectivity index (χ1v) is 8.02. The second-order valence-corrected chi connectivity index (χ2v) is 7.02. The average molecular weight is 313 g/mol. The fourth-order valence-electron chi connectivity index (χ4n) is 1.66. The Morgan fingerprint density at radius 3 is 2.58 bits per heavy atom. The molecule has 0 saturated carbocycles. The molecule has 0 fully saturated rings. The third kappa shape index (κ3) is 4.56. The van der Waals surface area contributed by atoms with E-state index < -0.39 is 11.2 Å². The van der Waals surface area contributed by atoms with Gasteiger partial charge in [-0.25, -0.2) is 0 Å². The zero-order valence-corrected chi connectivity index (χ0v) is 12.5. The van der Waals surface area contributed by atoms with Crippen molar-refractivity contribution in [2.75, 3.05) is 0 Å². The summed E-state index contributed by atoms with van der Waals surface area (Å²) in [5.41, 5.74) is 1.05. The van der Waals surface area contributed by atoms with Crippen LogP contribution in [0.4, 0.5) is 0 Å². The van der Waals surface area contributed by atoms with Crippen LogP contribution in [-0.4, -0.2) is 16.3 Å². The van der Waals surface area contributed by atoms with Gasteiger partial charge in [-0.1, -0.05) is 41.9 Å². The predicted octanol–water partition coefficient (Wildman–Crippen LogP) is 4.33. The van der Waals surface area contributed by atoms with Crippen LogP contribution in [-0.2, 0) is 17.0 Å². The van der Waals surface area contributed by atoms with E-state index in [1.54, 1.807) is 0 Å². The summed E-state index contributed by atoms with van der Waals surface area (Å²) in [5.74, 6) is -0.0854. The van der Waals surface area contributed by atoms with Gasteiger partial charge in [0.25, 0.3) is 0 Å². The lowest BCUT2D eigenvalue weighted by atomic mass is 10.1. The number of rotatable bonds is 6. The zero-order valence-electron chi connectivity index (χ0n) is 10.1. The van der Waals surface area contributed by atoms with E-state index in [2.05, 4.69) is 0 Å². The quantitative estimate of drug-likeness (QED) is 0.862. The van der Waals surface area contributed by atoms with Crippen molar-refractivity contribution in [3.63, 3.8) is 0 Å². The van der Waals surface area contributed by atoms with Crippen LogP contribution >= 0.6 is 34.7 Å². The molecule has 0 aliphatic carbocycles. The van der Waals surface area contributed by atoms with E-state index in [0.717, 1.165) is 14.8 Å². The standard InChI is InChI=1S/C14H13ClO2S2/c15-13-7-6-11(19-13)9-18-12(14(16)17)8-10-4-2-1-3-5-10/h1-7,12H,8-9H2,(H,16,17). The summed E-state index contributed by atoms with van der Waals surface area (Å²) in [6.07, 6.45) is 0.542. The van der Waals surface area contributed by atoms with E-state index in [4.69, 9.17) is 11.6 Å². The number of carboxylic acids is 1. The molecule has 0 aliphatic rings. The monoisotopic (exact) mass is 312 g/mol. The predicted molar refractivity (Wildman–Crippen MR) is 82.2 cm³/mol. The molecule has 2 nitrogen and oxygen atoms in total. The van der Waals surface area contributed by atoms with Crippen LogP contribution in [0.5, 0.6) is 0 Å². The molecule has 19 heavy (non-hydrogen) atoms. The van der Waals surface area contributed by atoms with Crippen molar-refractivity contribution in [1.82, 2.24) is 0 Å². The van der Waals surface area contributed by atoms with E-state index in [1.807, 2.05) is 42.5 Å². The Labute approximate surface area is 125 Å². The number of hydrogen-bond donors (Lipinski definition) is 1. The van der Waals surface area contributed by atoms with Gasteiger partial charge >= 0.3 is 5.97 Å². The van der Waals surface area contributed by atoms with E-state index in [0.29, 0.717) is 12.2 Å². The molecule has 0 bridgehead atoms. The molecule has 100 valence electrons. The van der Waals surface area contributed by atoms with Gasteiger partial charge in [-0.05, 0) is 24.1 Å². The lowest BCUT2D eigenvalue weighted by Gasteiger charge is -2.11. The normalized spacial score (nSPS) is 12.3. The van der Waals surface area contributed by atoms with E-state index >= 15 is 0 Å².